The molecule has 2 aliphatic heterocycles. The van der Waals surface area contributed by atoms with Crippen molar-refractivity contribution in [3.8, 4) is 0 Å². The van der Waals surface area contributed by atoms with E-state index >= 15 is 0 Å². The monoisotopic (exact) mass is 585 g/mol. The van der Waals surface area contributed by atoms with Crippen molar-refractivity contribution in [2.45, 2.75) is 23.1 Å². The third kappa shape index (κ3) is 5.73. The Morgan fingerprint density at radius 3 is 2.97 bits per heavy atom. The normalized spacial score (nSPS) is 19.3. The van der Waals surface area contributed by atoms with Crippen LogP contribution in [0.1, 0.15) is 5.69 Å². The Kier molecular flexibility index (Phi) is 8.67. The van der Waals surface area contributed by atoms with Gasteiger partial charge in [0, 0.05) is 16.9 Å². The van der Waals surface area contributed by atoms with Gasteiger partial charge in [-0.2, -0.15) is 0 Å². The zero-order chi connectivity index (χ0) is 26.5. The Hall–Kier alpha value is -3.15. The summed E-state index contributed by atoms with van der Waals surface area (Å²) in [5, 5.41) is 29.4. The molecule has 37 heavy (non-hydrogen) atoms. The molecule has 4 N–H and O–H groups in total. The van der Waals surface area contributed by atoms with E-state index in [1.54, 1.807) is 6.08 Å². The lowest BCUT2D eigenvalue weighted by Gasteiger charge is -2.49. The van der Waals surface area contributed by atoms with Crippen molar-refractivity contribution in [2.24, 2.45) is 5.16 Å². The molecule has 0 aromatic carbocycles. The molecule has 2 atom stereocenters. The van der Waals surface area contributed by atoms with Crippen LogP contribution < -0.4 is 11.1 Å². The molecule has 2 aromatic heterocycles. The minimum absolute atomic E-state index is 0.0556. The summed E-state index contributed by atoms with van der Waals surface area (Å²) in [5.74, 6) is -1.75. The number of nitrogens with zero attached hydrogens (tertiary/aromatic N) is 7. The van der Waals surface area contributed by atoms with E-state index < -0.39 is 29.2 Å². The minimum Gasteiger partial charge on any atom is -0.477 e. The summed E-state index contributed by atoms with van der Waals surface area (Å²) in [4.78, 5) is 48.4. The van der Waals surface area contributed by atoms with Crippen LogP contribution in [0.4, 0.5) is 5.13 Å². The average Bonchev–Trinajstić information content (AvgIpc) is 3.51. The number of halogens is 1. The number of carboxylic acids is 1. The van der Waals surface area contributed by atoms with E-state index in [1.165, 1.54) is 38.5 Å². The van der Waals surface area contributed by atoms with Gasteiger partial charge in [0.15, 0.2) is 10.8 Å². The molecule has 196 valence electrons. The molecule has 0 spiro atoms. The molecule has 18 heteroatoms. The fourth-order valence-electron chi connectivity index (χ4n) is 3.44. The van der Waals surface area contributed by atoms with Crippen LogP contribution in [-0.2, 0) is 25.8 Å². The van der Waals surface area contributed by atoms with Crippen LogP contribution in [0.2, 0.25) is 0 Å². The number of amides is 2. The molecule has 0 bridgehead atoms. The van der Waals surface area contributed by atoms with Crippen molar-refractivity contribution in [1.29, 1.82) is 0 Å². The number of thioether (sulfide) groups is 2. The number of nitrogen functional groups attached to an aromatic ring is 1. The van der Waals surface area contributed by atoms with Gasteiger partial charge in [-0.1, -0.05) is 23.0 Å². The molecule has 1 unspecified atom stereocenters. The molecule has 1 saturated heterocycles. The second kappa shape index (κ2) is 11.9. The fraction of sp³-hybridized carbons (Fsp3) is 0.368. The van der Waals surface area contributed by atoms with Gasteiger partial charge in [-0.25, -0.2) is 14.5 Å². The molecule has 0 saturated carbocycles. The van der Waals surface area contributed by atoms with Gasteiger partial charge in [0.05, 0.1) is 12.4 Å². The van der Waals surface area contributed by atoms with Crippen LogP contribution in [0.3, 0.4) is 0 Å². The van der Waals surface area contributed by atoms with Crippen molar-refractivity contribution in [1.82, 2.24) is 35.4 Å². The predicted molar refractivity (Wildman–Crippen MR) is 138 cm³/mol. The van der Waals surface area contributed by atoms with Crippen molar-refractivity contribution in [3.05, 3.63) is 35.0 Å². The summed E-state index contributed by atoms with van der Waals surface area (Å²) in [7, 11) is 0. The molecule has 2 aliphatic rings. The number of β-lactam (4-membered cyclic amide) rings is 1. The van der Waals surface area contributed by atoms with Crippen LogP contribution in [0.15, 0.2) is 39.6 Å². The van der Waals surface area contributed by atoms with E-state index in [2.05, 4.69) is 37.6 Å². The van der Waals surface area contributed by atoms with Gasteiger partial charge in [-0.15, -0.1) is 46.4 Å². The predicted octanol–water partition coefficient (Wildman–Crippen LogP) is 0.388. The van der Waals surface area contributed by atoms with E-state index in [0.717, 1.165) is 11.3 Å². The maximum Gasteiger partial charge on any atom is 0.352 e. The first-order valence-corrected chi connectivity index (χ1v) is 14.0. The highest BCUT2D eigenvalue weighted by atomic mass is 35.5. The highest BCUT2D eigenvalue weighted by Crippen LogP contribution is 2.41. The molecule has 4 heterocycles. The molecular weight excluding hydrogens is 566 g/mol. The first-order valence-electron chi connectivity index (χ1n) is 10.5. The molecule has 4 rings (SSSR count). The van der Waals surface area contributed by atoms with Gasteiger partial charge in [0.1, 0.15) is 29.4 Å². The standard InChI is InChI=1S/C19H20ClN9O5S3/c1-2-4-28-19(24-26-27-28)37-7-9-6-35-16-12(15(31)29(16)13(9)17(32)33)23-14(30)11(25-34-5-3-20)10-8-36-18(21)22-10/h2,8,12,16H,1,3-7H2,(H2,21,22)(H,23,30)(H,32,33)/t12?,16-/m1/s1. The number of nitrogens with two attached hydrogens (primary N) is 1. The lowest BCUT2D eigenvalue weighted by molar-refractivity contribution is -0.150. The largest absolute Gasteiger partial charge is 0.477 e. The number of nitrogens with one attached hydrogen (secondary N) is 1. The highest BCUT2D eigenvalue weighted by Gasteiger charge is 2.54. The SMILES string of the molecule is C=CCn1nnnc1SCC1=C(C(=O)O)N2C(=O)C(NC(=O)C(=NOCCCl)c3csc(N)n3)[C@H]2SC1. The Morgan fingerprint density at radius 1 is 1.49 bits per heavy atom. The number of alkyl halides is 1. The van der Waals surface area contributed by atoms with Crippen LogP contribution in [0.5, 0.6) is 0 Å². The number of aromatic nitrogens is 5. The summed E-state index contributed by atoms with van der Waals surface area (Å²) in [6.45, 7) is 4.11. The second-order valence-electron chi connectivity index (χ2n) is 7.37. The van der Waals surface area contributed by atoms with E-state index in [1.807, 2.05) is 0 Å². The summed E-state index contributed by atoms with van der Waals surface area (Å²) >= 11 is 9.31. The summed E-state index contributed by atoms with van der Waals surface area (Å²) < 4.78 is 1.53. The Bertz CT molecular complexity index is 1280. The number of anilines is 1. The van der Waals surface area contributed by atoms with Crippen LogP contribution in [-0.4, -0.2) is 94.1 Å². The van der Waals surface area contributed by atoms with E-state index in [9.17, 15) is 19.5 Å². The van der Waals surface area contributed by atoms with Crippen LogP contribution >= 0.6 is 46.5 Å². The first-order chi connectivity index (χ1) is 17.8. The van der Waals surface area contributed by atoms with Crippen LogP contribution in [0, 0.1) is 0 Å². The van der Waals surface area contributed by atoms with Gasteiger partial charge in [0.25, 0.3) is 11.8 Å². The minimum atomic E-state index is -1.24. The number of carbonyl (C=O) groups is 3. The number of oxime groups is 1. The van der Waals surface area contributed by atoms with Crippen molar-refractivity contribution < 1.29 is 24.3 Å². The molecule has 2 aromatic rings. The van der Waals surface area contributed by atoms with E-state index in [-0.39, 0.29) is 40.5 Å². The topological polar surface area (TPSA) is 191 Å². The maximum absolute atomic E-state index is 13.0. The molecule has 14 nitrogen and oxygen atoms in total. The zero-order valence-electron chi connectivity index (χ0n) is 18.9. The zero-order valence-corrected chi connectivity index (χ0v) is 22.1. The fourth-order valence-corrected chi connectivity index (χ4v) is 6.43. The Labute approximate surface area is 227 Å². The lowest BCUT2D eigenvalue weighted by Crippen LogP contribution is -2.71. The quantitative estimate of drug-likeness (QED) is 0.0591. The van der Waals surface area contributed by atoms with Crippen molar-refractivity contribution in [2.75, 3.05) is 29.7 Å². The van der Waals surface area contributed by atoms with Gasteiger partial charge in [-0.05, 0) is 16.0 Å². The first kappa shape index (κ1) is 26.9. The Morgan fingerprint density at radius 2 is 2.30 bits per heavy atom. The third-order valence-electron chi connectivity index (χ3n) is 5.02. The number of hydrogen-bond donors (Lipinski definition) is 3. The van der Waals surface area contributed by atoms with E-state index in [4.69, 9.17) is 22.2 Å². The average molecular weight is 586 g/mol. The summed E-state index contributed by atoms with van der Waals surface area (Å²) in [6.07, 6.45) is 1.64. The number of thiazole rings is 1. The van der Waals surface area contributed by atoms with Crippen molar-refractivity contribution in [3.63, 3.8) is 0 Å². The number of carboxylic acid groups (broad SMARTS) is 1. The van der Waals surface area contributed by atoms with Gasteiger partial charge in [-0.3, -0.25) is 14.5 Å². The number of fused-ring (bicyclic) bond motifs is 1. The number of carbonyl (C=O) groups excluding carboxylic acids is 2. The van der Waals surface area contributed by atoms with Crippen molar-refractivity contribution >= 4 is 75.1 Å². The third-order valence-corrected chi connectivity index (χ3v) is 8.23. The van der Waals surface area contributed by atoms with Gasteiger partial charge < -0.3 is 21.0 Å². The maximum atomic E-state index is 13.0. The number of rotatable bonds is 12. The Balaban J connectivity index is 1.48. The molecule has 0 radical (unpaired) electrons. The molecule has 0 aliphatic carbocycles. The number of tetrazole rings is 1. The van der Waals surface area contributed by atoms with Crippen LogP contribution in [0.25, 0.3) is 0 Å². The number of hydrogen-bond acceptors (Lipinski definition) is 13. The number of allylic oxidation sites excluding steroid dienone is 1. The number of aliphatic carboxylic acids is 1. The molecule has 2 amide bonds. The van der Waals surface area contributed by atoms with Gasteiger partial charge in [0.2, 0.25) is 5.16 Å². The highest BCUT2D eigenvalue weighted by molar-refractivity contribution is 8.01. The smallest absolute Gasteiger partial charge is 0.352 e. The lowest BCUT2D eigenvalue weighted by atomic mass is 10.0. The van der Waals surface area contributed by atoms with E-state index in [0.29, 0.717) is 23.0 Å². The molecular formula is C19H20ClN9O5S3. The second-order valence-corrected chi connectivity index (χ2v) is 10.7. The van der Waals surface area contributed by atoms with Gasteiger partial charge >= 0.3 is 5.97 Å². The molecule has 1 fully saturated rings. The summed E-state index contributed by atoms with van der Waals surface area (Å²) in [5.41, 5.74) is 6.11. The summed E-state index contributed by atoms with van der Waals surface area (Å²) in [6, 6.07) is -0.963.